The van der Waals surface area contributed by atoms with Crippen LogP contribution in [-0.4, -0.2) is 54.5 Å². The van der Waals surface area contributed by atoms with Crippen molar-refractivity contribution in [3.05, 3.63) is 35.1 Å². The quantitative estimate of drug-likeness (QED) is 0.929. The number of carbonyl (C=O) groups is 2. The van der Waals surface area contributed by atoms with Crippen LogP contribution in [0.3, 0.4) is 0 Å². The molecule has 1 aliphatic rings. The van der Waals surface area contributed by atoms with Gasteiger partial charge in [0.15, 0.2) is 0 Å². The Morgan fingerprint density at radius 3 is 2.41 bits per heavy atom. The molecule has 1 N–H and O–H groups in total. The molecule has 5 nitrogen and oxygen atoms in total. The van der Waals surface area contributed by atoms with E-state index in [0.717, 1.165) is 6.42 Å². The van der Waals surface area contributed by atoms with Crippen molar-refractivity contribution >= 4 is 11.9 Å². The van der Waals surface area contributed by atoms with Gasteiger partial charge >= 0.3 is 6.03 Å². The molecule has 1 fully saturated rings. The third-order valence-corrected chi connectivity index (χ3v) is 3.79. The predicted octanol–water partition coefficient (Wildman–Crippen LogP) is 2.01. The van der Waals surface area contributed by atoms with E-state index >= 15 is 0 Å². The van der Waals surface area contributed by atoms with Crippen LogP contribution in [0.2, 0.25) is 0 Å². The van der Waals surface area contributed by atoms with E-state index in [9.17, 15) is 14.0 Å². The Balaban J connectivity index is 1.92. The summed E-state index contributed by atoms with van der Waals surface area (Å²) in [6.45, 7) is 6.32. The van der Waals surface area contributed by atoms with E-state index in [4.69, 9.17) is 0 Å². The van der Waals surface area contributed by atoms with Gasteiger partial charge in [-0.2, -0.15) is 0 Å². The van der Waals surface area contributed by atoms with E-state index in [0.29, 0.717) is 43.9 Å². The summed E-state index contributed by atoms with van der Waals surface area (Å²) < 4.78 is 13.3. The Morgan fingerprint density at radius 2 is 1.82 bits per heavy atom. The first-order chi connectivity index (χ1) is 10.5. The summed E-state index contributed by atoms with van der Waals surface area (Å²) >= 11 is 0. The molecule has 0 aliphatic carbocycles. The van der Waals surface area contributed by atoms with Crippen LogP contribution in [0.5, 0.6) is 0 Å². The Hall–Kier alpha value is -2.11. The van der Waals surface area contributed by atoms with Crippen LogP contribution >= 0.6 is 0 Å². The number of amides is 3. The Morgan fingerprint density at radius 1 is 1.18 bits per heavy atom. The number of carbonyl (C=O) groups excluding carboxylic acids is 2. The molecule has 22 heavy (non-hydrogen) atoms. The number of urea groups is 1. The van der Waals surface area contributed by atoms with Crippen LogP contribution in [0, 0.1) is 12.7 Å². The van der Waals surface area contributed by atoms with Crippen molar-refractivity contribution in [1.29, 1.82) is 0 Å². The lowest BCUT2D eigenvalue weighted by Gasteiger charge is -2.34. The molecule has 1 aromatic carbocycles. The monoisotopic (exact) mass is 307 g/mol. The van der Waals surface area contributed by atoms with Crippen molar-refractivity contribution < 1.29 is 14.0 Å². The molecule has 0 bridgehead atoms. The van der Waals surface area contributed by atoms with Crippen LogP contribution in [0.4, 0.5) is 9.18 Å². The lowest BCUT2D eigenvalue weighted by Crippen LogP contribution is -2.53. The Kier molecular flexibility index (Phi) is 5.35. The molecule has 6 heteroatoms. The molecule has 0 unspecified atom stereocenters. The average molecular weight is 307 g/mol. The van der Waals surface area contributed by atoms with Gasteiger partial charge in [-0.1, -0.05) is 6.92 Å². The molecule has 1 heterocycles. The number of hydrogen-bond acceptors (Lipinski definition) is 2. The highest BCUT2D eigenvalue weighted by Crippen LogP contribution is 2.13. The molecule has 0 atom stereocenters. The number of nitrogens with one attached hydrogen (secondary N) is 1. The molecule has 0 radical (unpaired) electrons. The smallest absolute Gasteiger partial charge is 0.317 e. The van der Waals surface area contributed by atoms with Gasteiger partial charge in [0.2, 0.25) is 0 Å². The molecule has 1 saturated heterocycles. The molecule has 1 aliphatic heterocycles. The largest absolute Gasteiger partial charge is 0.338 e. The molecule has 0 saturated carbocycles. The van der Waals surface area contributed by atoms with E-state index in [-0.39, 0.29) is 17.8 Å². The minimum absolute atomic E-state index is 0.0772. The number of nitrogens with zero attached hydrogens (tertiary/aromatic N) is 2. The highest BCUT2D eigenvalue weighted by atomic mass is 19.1. The summed E-state index contributed by atoms with van der Waals surface area (Å²) in [4.78, 5) is 27.7. The van der Waals surface area contributed by atoms with Gasteiger partial charge in [0.05, 0.1) is 0 Å². The maximum absolute atomic E-state index is 13.3. The molecular weight excluding hydrogens is 285 g/mol. The van der Waals surface area contributed by atoms with Crippen LogP contribution in [0.1, 0.15) is 29.3 Å². The normalized spacial score (nSPS) is 14.9. The van der Waals surface area contributed by atoms with Gasteiger partial charge in [-0.3, -0.25) is 4.79 Å². The lowest BCUT2D eigenvalue weighted by molar-refractivity contribution is 0.0665. The molecule has 2 rings (SSSR count). The Bertz CT molecular complexity index is 554. The topological polar surface area (TPSA) is 52.7 Å². The fourth-order valence-electron chi connectivity index (χ4n) is 2.42. The maximum atomic E-state index is 13.3. The van der Waals surface area contributed by atoms with E-state index in [1.807, 2.05) is 6.92 Å². The Labute approximate surface area is 130 Å². The van der Waals surface area contributed by atoms with E-state index in [2.05, 4.69) is 5.32 Å². The molecule has 3 amide bonds. The van der Waals surface area contributed by atoms with Crippen LogP contribution in [0.15, 0.2) is 18.2 Å². The van der Waals surface area contributed by atoms with Gasteiger partial charge < -0.3 is 15.1 Å². The predicted molar refractivity (Wildman–Crippen MR) is 82.3 cm³/mol. The lowest BCUT2D eigenvalue weighted by atomic mass is 10.1. The first kappa shape index (κ1) is 16.3. The van der Waals surface area contributed by atoms with Gasteiger partial charge in [0.1, 0.15) is 5.82 Å². The fourth-order valence-corrected chi connectivity index (χ4v) is 2.42. The van der Waals surface area contributed by atoms with Gasteiger partial charge in [0.25, 0.3) is 5.91 Å². The van der Waals surface area contributed by atoms with Gasteiger partial charge in [0, 0.05) is 38.3 Å². The fraction of sp³-hybridized carbons (Fsp3) is 0.500. The zero-order valence-electron chi connectivity index (χ0n) is 13.1. The van der Waals surface area contributed by atoms with Gasteiger partial charge in [-0.15, -0.1) is 0 Å². The minimum Gasteiger partial charge on any atom is -0.338 e. The molecule has 120 valence electrons. The summed E-state index contributed by atoms with van der Waals surface area (Å²) in [5.74, 6) is -0.425. The second-order valence-corrected chi connectivity index (χ2v) is 5.48. The summed E-state index contributed by atoms with van der Waals surface area (Å²) in [5, 5.41) is 2.83. The van der Waals surface area contributed by atoms with Crippen LogP contribution in [-0.2, 0) is 0 Å². The number of aryl methyl sites for hydroxylation is 1. The van der Waals surface area contributed by atoms with Crippen molar-refractivity contribution in [2.45, 2.75) is 20.3 Å². The van der Waals surface area contributed by atoms with E-state index in [1.54, 1.807) is 22.8 Å². The van der Waals surface area contributed by atoms with Crippen molar-refractivity contribution in [2.75, 3.05) is 32.7 Å². The van der Waals surface area contributed by atoms with Gasteiger partial charge in [-0.05, 0) is 37.1 Å². The van der Waals surface area contributed by atoms with E-state index < -0.39 is 0 Å². The molecular formula is C16H22FN3O2. The molecule has 0 spiro atoms. The number of rotatable bonds is 3. The van der Waals surface area contributed by atoms with Crippen molar-refractivity contribution in [2.24, 2.45) is 0 Å². The zero-order chi connectivity index (χ0) is 16.1. The maximum Gasteiger partial charge on any atom is 0.317 e. The second-order valence-electron chi connectivity index (χ2n) is 5.48. The number of benzene rings is 1. The third kappa shape index (κ3) is 3.75. The van der Waals surface area contributed by atoms with Crippen molar-refractivity contribution in [3.63, 3.8) is 0 Å². The second kappa shape index (κ2) is 7.24. The number of piperazine rings is 1. The van der Waals surface area contributed by atoms with Crippen molar-refractivity contribution in [3.8, 4) is 0 Å². The molecule has 0 aromatic heterocycles. The first-order valence-corrected chi connectivity index (χ1v) is 7.61. The van der Waals surface area contributed by atoms with E-state index in [1.165, 1.54) is 12.1 Å². The average Bonchev–Trinajstić information content (AvgIpc) is 2.54. The van der Waals surface area contributed by atoms with Crippen LogP contribution < -0.4 is 5.32 Å². The highest BCUT2D eigenvalue weighted by Gasteiger charge is 2.24. The summed E-state index contributed by atoms with van der Waals surface area (Å²) in [6.07, 6.45) is 0.897. The van der Waals surface area contributed by atoms with Crippen molar-refractivity contribution in [1.82, 2.24) is 15.1 Å². The summed E-state index contributed by atoms with van der Waals surface area (Å²) in [7, 11) is 0. The highest BCUT2D eigenvalue weighted by molar-refractivity contribution is 5.94. The number of hydrogen-bond donors (Lipinski definition) is 1. The first-order valence-electron chi connectivity index (χ1n) is 7.61. The van der Waals surface area contributed by atoms with Gasteiger partial charge in [-0.25, -0.2) is 9.18 Å². The minimum atomic E-state index is -0.311. The molecule has 1 aromatic rings. The van der Waals surface area contributed by atoms with Crippen LogP contribution in [0.25, 0.3) is 0 Å². The zero-order valence-corrected chi connectivity index (χ0v) is 13.1. The summed E-state index contributed by atoms with van der Waals surface area (Å²) in [6, 6.07) is 4.31. The summed E-state index contributed by atoms with van der Waals surface area (Å²) in [5.41, 5.74) is 0.950. The SMILES string of the molecule is CCCNC(=O)N1CCN(C(=O)c2ccc(F)c(C)c2)CC1. The number of halogens is 1. The standard InChI is InChI=1S/C16H22FN3O2/c1-3-6-18-16(22)20-9-7-19(8-10-20)15(21)13-4-5-14(17)12(2)11-13/h4-5,11H,3,6-10H2,1-2H3,(H,18,22). The third-order valence-electron chi connectivity index (χ3n) is 3.79.